The van der Waals surface area contributed by atoms with E-state index in [-0.39, 0.29) is 12.5 Å². The first-order chi connectivity index (χ1) is 11.5. The molecular weight excluding hydrogens is 372 g/mol. The van der Waals surface area contributed by atoms with Crippen molar-refractivity contribution in [2.24, 2.45) is 0 Å². The lowest BCUT2D eigenvalue weighted by Gasteiger charge is -2.10. The number of halogens is 1. The molecular formula is C15H15ClN2O4S2. The highest BCUT2D eigenvalue weighted by Gasteiger charge is 2.17. The van der Waals surface area contributed by atoms with Crippen LogP contribution in [-0.2, 0) is 14.3 Å². The molecule has 1 heterocycles. The molecule has 9 heteroatoms. The largest absolute Gasteiger partial charge is 0.465 e. The van der Waals surface area contributed by atoms with E-state index < -0.39 is 5.97 Å². The van der Waals surface area contributed by atoms with Crippen LogP contribution in [0, 0.1) is 0 Å². The zero-order valence-corrected chi connectivity index (χ0v) is 15.4. The molecule has 0 radical (unpaired) electrons. The number of thiophene rings is 1. The topological polar surface area (TPSA) is 76.7 Å². The molecule has 2 N–H and O–H groups in total. The van der Waals surface area contributed by atoms with Crippen LogP contribution in [0.5, 0.6) is 0 Å². The summed E-state index contributed by atoms with van der Waals surface area (Å²) >= 11 is 12.6. The first-order valence-corrected chi connectivity index (χ1v) is 8.57. The summed E-state index contributed by atoms with van der Waals surface area (Å²) in [7, 11) is 1.31. The van der Waals surface area contributed by atoms with Crippen molar-refractivity contribution in [3.05, 3.63) is 28.1 Å². The average Bonchev–Trinajstić information content (AvgIpc) is 2.89. The van der Waals surface area contributed by atoms with Gasteiger partial charge >= 0.3 is 11.9 Å². The van der Waals surface area contributed by atoms with Crippen molar-refractivity contribution < 1.29 is 19.1 Å². The summed E-state index contributed by atoms with van der Waals surface area (Å²) < 4.78 is 10.3. The molecule has 24 heavy (non-hydrogen) atoms. The van der Waals surface area contributed by atoms with E-state index in [1.165, 1.54) is 18.4 Å². The Kier molecular flexibility index (Phi) is 6.36. The fourth-order valence-electron chi connectivity index (χ4n) is 1.91. The van der Waals surface area contributed by atoms with Crippen LogP contribution in [0.3, 0.4) is 0 Å². The fourth-order valence-corrected chi connectivity index (χ4v) is 3.56. The van der Waals surface area contributed by atoms with Crippen LogP contribution in [0.1, 0.15) is 16.6 Å². The third-order valence-electron chi connectivity index (χ3n) is 2.96. The molecule has 0 unspecified atom stereocenters. The van der Waals surface area contributed by atoms with Crippen molar-refractivity contribution in [3.63, 3.8) is 0 Å². The Morgan fingerprint density at radius 2 is 2.12 bits per heavy atom. The third-order valence-corrected chi connectivity index (χ3v) is 4.84. The Morgan fingerprint density at radius 1 is 1.38 bits per heavy atom. The van der Waals surface area contributed by atoms with Crippen LogP contribution in [0.25, 0.3) is 10.1 Å². The van der Waals surface area contributed by atoms with Gasteiger partial charge in [0.1, 0.15) is 11.4 Å². The van der Waals surface area contributed by atoms with Crippen molar-refractivity contribution in [3.8, 4) is 0 Å². The fraction of sp³-hybridized carbons (Fsp3) is 0.267. The van der Waals surface area contributed by atoms with Gasteiger partial charge in [-0.25, -0.2) is 4.79 Å². The highest BCUT2D eigenvalue weighted by molar-refractivity contribution is 7.80. The quantitative estimate of drug-likeness (QED) is 0.603. The number of carbonyl (C=O) groups is 2. The maximum absolute atomic E-state index is 11.7. The van der Waals surface area contributed by atoms with Gasteiger partial charge in [-0.15, -0.1) is 11.3 Å². The van der Waals surface area contributed by atoms with Gasteiger partial charge in [0.15, 0.2) is 5.11 Å². The third kappa shape index (κ3) is 4.34. The minimum atomic E-state index is -0.470. The first kappa shape index (κ1) is 18.4. The van der Waals surface area contributed by atoms with Crippen molar-refractivity contribution in [1.82, 2.24) is 5.32 Å². The number of anilines is 1. The monoisotopic (exact) mass is 386 g/mol. The number of hydrogen-bond acceptors (Lipinski definition) is 6. The summed E-state index contributed by atoms with van der Waals surface area (Å²) in [6.07, 6.45) is 0. The average molecular weight is 387 g/mol. The SMILES string of the molecule is CCOC(=O)CNC(=S)Nc1ccc2c(Cl)c(C(=O)OC)sc2c1. The predicted octanol–water partition coefficient (Wildman–Crippen LogP) is 3.19. The van der Waals surface area contributed by atoms with Gasteiger partial charge in [-0.3, -0.25) is 4.79 Å². The molecule has 0 saturated heterocycles. The van der Waals surface area contributed by atoms with E-state index >= 15 is 0 Å². The zero-order valence-electron chi connectivity index (χ0n) is 13.0. The van der Waals surface area contributed by atoms with Crippen LogP contribution < -0.4 is 10.6 Å². The highest BCUT2D eigenvalue weighted by atomic mass is 35.5. The minimum Gasteiger partial charge on any atom is -0.465 e. The number of fused-ring (bicyclic) bond motifs is 1. The maximum atomic E-state index is 11.7. The molecule has 6 nitrogen and oxygen atoms in total. The van der Waals surface area contributed by atoms with Crippen LogP contribution in [-0.4, -0.2) is 37.3 Å². The van der Waals surface area contributed by atoms with Crippen LogP contribution in [0.2, 0.25) is 5.02 Å². The number of benzene rings is 1. The van der Waals surface area contributed by atoms with Gasteiger partial charge in [0, 0.05) is 15.8 Å². The van der Waals surface area contributed by atoms with E-state index in [4.69, 9.17) is 33.3 Å². The van der Waals surface area contributed by atoms with E-state index in [1.807, 2.05) is 6.07 Å². The molecule has 2 aromatic rings. The van der Waals surface area contributed by atoms with Gasteiger partial charge in [-0.05, 0) is 37.3 Å². The number of thiocarbonyl (C=S) groups is 1. The number of methoxy groups -OCH3 is 1. The van der Waals surface area contributed by atoms with E-state index in [0.29, 0.717) is 27.3 Å². The normalized spacial score (nSPS) is 10.3. The summed E-state index contributed by atoms with van der Waals surface area (Å²) in [5.41, 5.74) is 0.707. The number of esters is 2. The Morgan fingerprint density at radius 3 is 2.79 bits per heavy atom. The van der Waals surface area contributed by atoms with Gasteiger partial charge in [0.05, 0.1) is 18.7 Å². The zero-order chi connectivity index (χ0) is 17.7. The summed E-state index contributed by atoms with van der Waals surface area (Å²) in [6.45, 7) is 2.04. The summed E-state index contributed by atoms with van der Waals surface area (Å²) in [5.74, 6) is -0.854. The second-order valence-electron chi connectivity index (χ2n) is 4.56. The number of rotatable bonds is 5. The molecule has 0 spiro atoms. The molecule has 0 aliphatic carbocycles. The van der Waals surface area contributed by atoms with Gasteiger partial charge < -0.3 is 20.1 Å². The van der Waals surface area contributed by atoms with Crippen LogP contribution in [0.15, 0.2) is 18.2 Å². The molecule has 0 fully saturated rings. The summed E-state index contributed by atoms with van der Waals surface area (Å²) in [5, 5.41) is 7.14. The Labute approximate surface area is 153 Å². The van der Waals surface area contributed by atoms with Crippen molar-refractivity contribution in [1.29, 1.82) is 0 Å². The van der Waals surface area contributed by atoms with E-state index in [2.05, 4.69) is 10.6 Å². The molecule has 0 atom stereocenters. The van der Waals surface area contributed by atoms with E-state index in [9.17, 15) is 9.59 Å². The molecule has 0 bridgehead atoms. The molecule has 0 saturated carbocycles. The highest BCUT2D eigenvalue weighted by Crippen LogP contribution is 2.37. The van der Waals surface area contributed by atoms with Gasteiger partial charge in [0.25, 0.3) is 0 Å². The number of ether oxygens (including phenoxy) is 2. The molecule has 0 aliphatic rings. The number of hydrogen-bond donors (Lipinski definition) is 2. The Hall–Kier alpha value is -1.90. The smallest absolute Gasteiger partial charge is 0.349 e. The van der Waals surface area contributed by atoms with Gasteiger partial charge in [0.2, 0.25) is 0 Å². The van der Waals surface area contributed by atoms with Crippen molar-refractivity contribution >= 4 is 68.0 Å². The minimum absolute atomic E-state index is 0.0146. The number of nitrogens with one attached hydrogen (secondary N) is 2. The van der Waals surface area contributed by atoms with Gasteiger partial charge in [-0.2, -0.15) is 0 Å². The maximum Gasteiger partial charge on any atom is 0.349 e. The van der Waals surface area contributed by atoms with Crippen LogP contribution in [0.4, 0.5) is 5.69 Å². The first-order valence-electron chi connectivity index (χ1n) is 6.97. The van der Waals surface area contributed by atoms with Crippen LogP contribution >= 0.6 is 35.2 Å². The Balaban J connectivity index is 2.09. The molecule has 0 aliphatic heterocycles. The molecule has 1 aromatic carbocycles. The second-order valence-corrected chi connectivity index (χ2v) is 6.40. The second kappa shape index (κ2) is 8.27. The lowest BCUT2D eigenvalue weighted by Crippen LogP contribution is -2.33. The predicted molar refractivity (Wildman–Crippen MR) is 99.0 cm³/mol. The summed E-state index contributed by atoms with van der Waals surface area (Å²) in [6, 6.07) is 5.38. The molecule has 0 amide bonds. The number of carbonyl (C=O) groups excluding carboxylic acids is 2. The van der Waals surface area contributed by atoms with Crippen molar-refractivity contribution in [2.45, 2.75) is 6.92 Å². The molecule has 1 aromatic heterocycles. The van der Waals surface area contributed by atoms with Crippen molar-refractivity contribution in [2.75, 3.05) is 25.6 Å². The lowest BCUT2D eigenvalue weighted by molar-refractivity contribution is -0.141. The van der Waals surface area contributed by atoms with E-state index in [1.54, 1.807) is 19.1 Å². The molecule has 2 rings (SSSR count). The summed E-state index contributed by atoms with van der Waals surface area (Å²) in [4.78, 5) is 23.3. The molecule has 128 valence electrons. The Bertz CT molecular complexity index is 791. The lowest BCUT2D eigenvalue weighted by atomic mass is 10.2. The van der Waals surface area contributed by atoms with E-state index in [0.717, 1.165) is 10.1 Å². The standard InChI is InChI=1S/C15H15ClN2O4S2/c1-3-22-11(19)7-17-15(23)18-8-4-5-9-10(6-8)24-13(12(9)16)14(20)21-2/h4-6H,3,7H2,1-2H3,(H2,17,18,23). The van der Waals surface area contributed by atoms with Gasteiger partial charge in [-0.1, -0.05) is 11.6 Å².